The average Bonchev–Trinajstić information content (AvgIpc) is 2.46. The second-order valence-corrected chi connectivity index (χ2v) is 7.25. The van der Waals surface area contributed by atoms with Crippen LogP contribution in [-0.4, -0.2) is 26.8 Å². The van der Waals surface area contributed by atoms with Gasteiger partial charge >= 0.3 is 0 Å². The third kappa shape index (κ3) is 3.62. The zero-order valence-corrected chi connectivity index (χ0v) is 13.3. The van der Waals surface area contributed by atoms with Gasteiger partial charge in [-0.3, -0.25) is 0 Å². The van der Waals surface area contributed by atoms with E-state index in [1.807, 2.05) is 18.2 Å². The molecular weight excluding hydrogens is 284 g/mol. The minimum absolute atomic E-state index is 0.294. The number of hydrogen-bond donors (Lipinski definition) is 1. The molecule has 0 atom stereocenters. The molecule has 0 spiro atoms. The predicted molar refractivity (Wildman–Crippen MR) is 85.8 cm³/mol. The SMILES string of the molecule is Cc1ccccc1CNc1cccc(S(=O)(=O)N(C)C)c1. The van der Waals surface area contributed by atoms with Crippen LogP contribution in [0.5, 0.6) is 0 Å². The molecule has 2 aromatic rings. The summed E-state index contributed by atoms with van der Waals surface area (Å²) >= 11 is 0. The summed E-state index contributed by atoms with van der Waals surface area (Å²) in [6.45, 7) is 2.72. The first kappa shape index (κ1) is 15.5. The van der Waals surface area contributed by atoms with E-state index >= 15 is 0 Å². The smallest absolute Gasteiger partial charge is 0.242 e. The summed E-state index contributed by atoms with van der Waals surface area (Å²) in [5, 5.41) is 3.27. The first-order valence-electron chi connectivity index (χ1n) is 6.72. The molecule has 0 aromatic heterocycles. The van der Waals surface area contributed by atoms with Crippen LogP contribution in [0.2, 0.25) is 0 Å². The Labute approximate surface area is 126 Å². The molecule has 0 aliphatic heterocycles. The topological polar surface area (TPSA) is 49.4 Å². The van der Waals surface area contributed by atoms with Crippen molar-refractivity contribution in [2.24, 2.45) is 0 Å². The molecule has 0 fully saturated rings. The second kappa shape index (κ2) is 6.28. The quantitative estimate of drug-likeness (QED) is 0.924. The summed E-state index contributed by atoms with van der Waals surface area (Å²) in [5.41, 5.74) is 3.20. The van der Waals surface area contributed by atoms with Gasteiger partial charge in [-0.2, -0.15) is 0 Å². The molecule has 0 saturated heterocycles. The zero-order chi connectivity index (χ0) is 15.5. The van der Waals surface area contributed by atoms with Crippen LogP contribution in [0, 0.1) is 6.92 Å². The van der Waals surface area contributed by atoms with Crippen molar-refractivity contribution in [3.05, 3.63) is 59.7 Å². The number of anilines is 1. The van der Waals surface area contributed by atoms with E-state index < -0.39 is 10.0 Å². The monoisotopic (exact) mass is 304 g/mol. The van der Waals surface area contributed by atoms with Gasteiger partial charge in [-0.05, 0) is 36.2 Å². The number of nitrogens with one attached hydrogen (secondary N) is 1. The highest BCUT2D eigenvalue weighted by Gasteiger charge is 2.17. The minimum atomic E-state index is -3.40. The van der Waals surface area contributed by atoms with Gasteiger partial charge in [-0.15, -0.1) is 0 Å². The lowest BCUT2D eigenvalue weighted by Crippen LogP contribution is -2.22. The van der Waals surface area contributed by atoms with Gasteiger partial charge in [0.25, 0.3) is 0 Å². The lowest BCUT2D eigenvalue weighted by atomic mass is 10.1. The third-order valence-electron chi connectivity index (χ3n) is 3.36. The Morgan fingerprint density at radius 2 is 1.76 bits per heavy atom. The average molecular weight is 304 g/mol. The van der Waals surface area contributed by atoms with Gasteiger partial charge in [0.05, 0.1) is 4.90 Å². The van der Waals surface area contributed by atoms with Crippen LogP contribution < -0.4 is 5.32 Å². The van der Waals surface area contributed by atoms with E-state index in [2.05, 4.69) is 24.4 Å². The van der Waals surface area contributed by atoms with E-state index in [0.29, 0.717) is 11.4 Å². The van der Waals surface area contributed by atoms with Crippen LogP contribution in [0.4, 0.5) is 5.69 Å². The summed E-state index contributed by atoms with van der Waals surface area (Å²) < 4.78 is 25.4. The Morgan fingerprint density at radius 1 is 1.05 bits per heavy atom. The van der Waals surface area contributed by atoms with Crippen molar-refractivity contribution in [3.8, 4) is 0 Å². The predicted octanol–water partition coefficient (Wildman–Crippen LogP) is 2.86. The van der Waals surface area contributed by atoms with Crippen molar-refractivity contribution in [1.82, 2.24) is 4.31 Å². The van der Waals surface area contributed by atoms with Crippen molar-refractivity contribution < 1.29 is 8.42 Å². The van der Waals surface area contributed by atoms with Gasteiger partial charge in [0.15, 0.2) is 0 Å². The standard InChI is InChI=1S/C16H20N2O2S/c1-13-7-4-5-8-14(13)12-17-15-9-6-10-16(11-15)21(19,20)18(2)3/h4-11,17H,12H2,1-3H3. The van der Waals surface area contributed by atoms with Crippen LogP contribution in [0.25, 0.3) is 0 Å². The van der Waals surface area contributed by atoms with E-state index in [1.54, 1.807) is 18.2 Å². The first-order valence-corrected chi connectivity index (χ1v) is 8.16. The maximum absolute atomic E-state index is 12.1. The minimum Gasteiger partial charge on any atom is -0.381 e. The van der Waals surface area contributed by atoms with Crippen LogP contribution in [0.1, 0.15) is 11.1 Å². The molecule has 0 aliphatic carbocycles. The molecule has 112 valence electrons. The molecule has 0 radical (unpaired) electrons. The highest BCUT2D eigenvalue weighted by Crippen LogP contribution is 2.19. The van der Waals surface area contributed by atoms with E-state index in [0.717, 1.165) is 5.69 Å². The van der Waals surface area contributed by atoms with Crippen molar-refractivity contribution in [3.63, 3.8) is 0 Å². The molecule has 0 unspecified atom stereocenters. The van der Waals surface area contributed by atoms with Crippen molar-refractivity contribution in [1.29, 1.82) is 0 Å². The molecule has 0 saturated carbocycles. The molecule has 0 heterocycles. The van der Waals surface area contributed by atoms with Crippen molar-refractivity contribution in [2.75, 3.05) is 19.4 Å². The van der Waals surface area contributed by atoms with Crippen LogP contribution in [0.15, 0.2) is 53.4 Å². The second-order valence-electron chi connectivity index (χ2n) is 5.10. The van der Waals surface area contributed by atoms with E-state index in [9.17, 15) is 8.42 Å². The number of nitrogens with zero attached hydrogens (tertiary/aromatic N) is 1. The number of hydrogen-bond acceptors (Lipinski definition) is 3. The summed E-state index contributed by atoms with van der Waals surface area (Å²) in [6.07, 6.45) is 0. The van der Waals surface area contributed by atoms with Crippen LogP contribution in [-0.2, 0) is 16.6 Å². The molecule has 1 N–H and O–H groups in total. The normalized spacial score (nSPS) is 11.6. The lowest BCUT2D eigenvalue weighted by molar-refractivity contribution is 0.521. The van der Waals surface area contributed by atoms with Gasteiger partial charge in [0, 0.05) is 26.3 Å². The third-order valence-corrected chi connectivity index (χ3v) is 5.17. The Hall–Kier alpha value is -1.85. The first-order chi connectivity index (χ1) is 9.91. The Kier molecular flexibility index (Phi) is 4.65. The van der Waals surface area contributed by atoms with Crippen LogP contribution in [0.3, 0.4) is 0 Å². The maximum Gasteiger partial charge on any atom is 0.242 e. The number of benzene rings is 2. The van der Waals surface area contributed by atoms with E-state index in [4.69, 9.17) is 0 Å². The molecule has 0 aliphatic rings. The van der Waals surface area contributed by atoms with Crippen molar-refractivity contribution in [2.45, 2.75) is 18.4 Å². The Balaban J connectivity index is 2.18. The number of sulfonamides is 1. The molecule has 0 bridgehead atoms. The maximum atomic E-state index is 12.1. The van der Waals surface area contributed by atoms with Crippen molar-refractivity contribution >= 4 is 15.7 Å². The van der Waals surface area contributed by atoms with Crippen LogP contribution >= 0.6 is 0 Å². The fraction of sp³-hybridized carbons (Fsp3) is 0.250. The highest BCUT2D eigenvalue weighted by atomic mass is 32.2. The van der Waals surface area contributed by atoms with E-state index in [-0.39, 0.29) is 0 Å². The zero-order valence-electron chi connectivity index (χ0n) is 12.5. The summed E-state index contributed by atoms with van der Waals surface area (Å²) in [7, 11) is -0.336. The molecule has 2 rings (SSSR count). The molecule has 4 nitrogen and oxygen atoms in total. The Bertz CT molecular complexity index is 725. The van der Waals surface area contributed by atoms with E-state index in [1.165, 1.54) is 29.5 Å². The molecular formula is C16H20N2O2S. The molecule has 0 amide bonds. The highest BCUT2D eigenvalue weighted by molar-refractivity contribution is 7.89. The summed E-state index contributed by atoms with van der Waals surface area (Å²) in [5.74, 6) is 0. The Morgan fingerprint density at radius 3 is 2.43 bits per heavy atom. The van der Waals surface area contributed by atoms with Gasteiger partial charge in [0.1, 0.15) is 0 Å². The largest absolute Gasteiger partial charge is 0.381 e. The van der Waals surface area contributed by atoms with Gasteiger partial charge in [-0.1, -0.05) is 30.3 Å². The fourth-order valence-corrected chi connectivity index (χ4v) is 2.93. The van der Waals surface area contributed by atoms with Gasteiger partial charge in [0.2, 0.25) is 10.0 Å². The molecule has 5 heteroatoms. The molecule has 2 aromatic carbocycles. The number of rotatable bonds is 5. The summed E-state index contributed by atoms with van der Waals surface area (Å²) in [6, 6.07) is 15.0. The van der Waals surface area contributed by atoms with Gasteiger partial charge in [-0.25, -0.2) is 12.7 Å². The lowest BCUT2D eigenvalue weighted by Gasteiger charge is -2.13. The number of aryl methyl sites for hydroxylation is 1. The fourth-order valence-electron chi connectivity index (χ4n) is 1.98. The molecule has 21 heavy (non-hydrogen) atoms. The summed E-state index contributed by atoms with van der Waals surface area (Å²) in [4.78, 5) is 0.294. The van der Waals surface area contributed by atoms with Gasteiger partial charge < -0.3 is 5.32 Å².